The van der Waals surface area contributed by atoms with E-state index in [1.165, 1.54) is 36.4 Å². The van der Waals surface area contributed by atoms with Crippen molar-refractivity contribution in [2.45, 2.75) is 16.8 Å². The monoisotopic (exact) mass is 523 g/mol. The van der Waals surface area contributed by atoms with Crippen LogP contribution in [-0.4, -0.2) is 38.1 Å². The predicted molar refractivity (Wildman–Crippen MR) is 132 cm³/mol. The maximum absolute atomic E-state index is 13.7. The average Bonchev–Trinajstić information content (AvgIpc) is 3.34. The van der Waals surface area contributed by atoms with Crippen molar-refractivity contribution >= 4 is 27.1 Å². The molecule has 190 valence electrons. The Morgan fingerprint density at radius 2 is 1.76 bits per heavy atom. The zero-order chi connectivity index (χ0) is 26.0. The quantitative estimate of drug-likeness (QED) is 0.248. The van der Waals surface area contributed by atoms with Crippen LogP contribution in [-0.2, 0) is 9.84 Å². The van der Waals surface area contributed by atoms with Gasteiger partial charge in [-0.25, -0.2) is 8.42 Å². The summed E-state index contributed by atoms with van der Waals surface area (Å²) in [5.41, 5.74) is 0.248. The van der Waals surface area contributed by atoms with Gasteiger partial charge in [0.05, 0.1) is 16.4 Å². The summed E-state index contributed by atoms with van der Waals surface area (Å²) >= 11 is 0. The van der Waals surface area contributed by atoms with Crippen LogP contribution in [0.5, 0.6) is 17.2 Å². The second-order valence-corrected chi connectivity index (χ2v) is 9.68. The highest BCUT2D eigenvalue weighted by molar-refractivity contribution is 7.91. The molecule has 1 aliphatic heterocycles. The molecular weight excluding hydrogens is 502 g/mol. The summed E-state index contributed by atoms with van der Waals surface area (Å²) < 4.78 is 49.7. The number of rotatable bonds is 8. The van der Waals surface area contributed by atoms with E-state index in [1.807, 2.05) is 6.92 Å². The molecule has 0 fully saturated rings. The first kappa shape index (κ1) is 24.1. The van der Waals surface area contributed by atoms with Crippen molar-refractivity contribution in [3.63, 3.8) is 0 Å². The minimum Gasteiger partial charge on any atom is -0.494 e. The first-order valence-electron chi connectivity index (χ1n) is 11.3. The van der Waals surface area contributed by atoms with Crippen molar-refractivity contribution in [3.05, 3.63) is 76.8 Å². The number of nitro benzene ring substituents is 1. The van der Waals surface area contributed by atoms with E-state index in [0.717, 1.165) is 0 Å². The Morgan fingerprint density at radius 1 is 1.03 bits per heavy atom. The van der Waals surface area contributed by atoms with Gasteiger partial charge in [-0.05, 0) is 49.4 Å². The molecule has 0 radical (unpaired) electrons. The summed E-state index contributed by atoms with van der Waals surface area (Å²) in [7, 11) is -4.26. The van der Waals surface area contributed by atoms with E-state index in [9.17, 15) is 18.5 Å². The SMILES string of the molecule is CCOc1ccc(Nc2oc(-c3ccccc3[N+](=O)[O-])nc2S(=O)(=O)c2ccc3c(c2)OCCO3)cc1. The van der Waals surface area contributed by atoms with E-state index < -0.39 is 19.8 Å². The van der Waals surface area contributed by atoms with E-state index in [-0.39, 0.29) is 40.3 Å². The molecule has 12 heteroatoms. The second kappa shape index (κ2) is 9.82. The summed E-state index contributed by atoms with van der Waals surface area (Å²) in [5.74, 6) is 0.925. The molecule has 2 heterocycles. The lowest BCUT2D eigenvalue weighted by Crippen LogP contribution is -2.16. The topological polar surface area (TPSA) is 143 Å². The van der Waals surface area contributed by atoms with Gasteiger partial charge in [-0.1, -0.05) is 12.1 Å². The maximum Gasteiger partial charge on any atom is 0.282 e. The third kappa shape index (κ3) is 4.78. The van der Waals surface area contributed by atoms with Gasteiger partial charge in [0, 0.05) is 17.8 Å². The Labute approximate surface area is 211 Å². The molecule has 0 aliphatic carbocycles. The van der Waals surface area contributed by atoms with Crippen LogP contribution >= 0.6 is 0 Å². The molecule has 1 aliphatic rings. The number of fused-ring (bicyclic) bond motifs is 1. The van der Waals surface area contributed by atoms with Gasteiger partial charge in [0.25, 0.3) is 5.69 Å². The van der Waals surface area contributed by atoms with Gasteiger partial charge in [-0.2, -0.15) is 4.98 Å². The van der Waals surface area contributed by atoms with Gasteiger partial charge in [-0.15, -0.1) is 0 Å². The summed E-state index contributed by atoms with van der Waals surface area (Å²) in [5, 5.41) is 14.1. The van der Waals surface area contributed by atoms with Crippen LogP contribution in [0.1, 0.15) is 6.92 Å². The molecule has 0 unspecified atom stereocenters. The Bertz CT molecular complexity index is 1570. The summed E-state index contributed by atoms with van der Waals surface area (Å²) in [6.07, 6.45) is 0. The highest BCUT2D eigenvalue weighted by Gasteiger charge is 2.31. The minimum absolute atomic E-state index is 0.0332. The Balaban J connectivity index is 1.61. The molecule has 0 atom stereocenters. The van der Waals surface area contributed by atoms with Gasteiger partial charge < -0.3 is 23.9 Å². The molecule has 0 saturated heterocycles. The van der Waals surface area contributed by atoms with Crippen molar-refractivity contribution in [3.8, 4) is 28.7 Å². The standard InChI is InChI=1S/C25H21N3O8S/c1-2-33-17-9-7-16(8-10-17)26-24-25(27-23(36-24)19-5-3-4-6-20(19)28(29)30)37(31,32)18-11-12-21-22(15-18)35-14-13-34-21/h3-12,15,26H,2,13-14H2,1H3. The largest absolute Gasteiger partial charge is 0.494 e. The van der Waals surface area contributed by atoms with Crippen molar-refractivity contribution in [1.82, 2.24) is 4.98 Å². The Morgan fingerprint density at radius 3 is 2.49 bits per heavy atom. The number of hydrogen-bond donors (Lipinski definition) is 1. The van der Waals surface area contributed by atoms with Gasteiger partial charge in [0.1, 0.15) is 24.5 Å². The fourth-order valence-electron chi connectivity index (χ4n) is 3.73. The highest BCUT2D eigenvalue weighted by atomic mass is 32.2. The molecule has 3 aromatic carbocycles. The van der Waals surface area contributed by atoms with Crippen LogP contribution in [0.3, 0.4) is 0 Å². The van der Waals surface area contributed by atoms with Crippen molar-refractivity contribution in [2.24, 2.45) is 0 Å². The normalized spacial score (nSPS) is 12.7. The molecule has 37 heavy (non-hydrogen) atoms. The zero-order valence-electron chi connectivity index (χ0n) is 19.5. The Kier molecular flexibility index (Phi) is 6.40. The van der Waals surface area contributed by atoms with Crippen molar-refractivity contribution in [2.75, 3.05) is 25.1 Å². The van der Waals surface area contributed by atoms with E-state index in [1.54, 1.807) is 30.3 Å². The fraction of sp³-hybridized carbons (Fsp3) is 0.160. The van der Waals surface area contributed by atoms with Crippen LogP contribution in [0, 0.1) is 10.1 Å². The van der Waals surface area contributed by atoms with Gasteiger partial charge in [-0.3, -0.25) is 10.1 Å². The van der Waals surface area contributed by atoms with Crippen LogP contribution in [0.4, 0.5) is 17.3 Å². The molecule has 0 amide bonds. The number of sulfone groups is 1. The third-order valence-corrected chi connectivity index (χ3v) is 7.09. The Hall–Kier alpha value is -4.58. The number of anilines is 2. The maximum atomic E-state index is 13.7. The average molecular weight is 524 g/mol. The number of nitrogens with zero attached hydrogens (tertiary/aromatic N) is 2. The van der Waals surface area contributed by atoms with Crippen LogP contribution in [0.15, 0.2) is 81.1 Å². The fourth-order valence-corrected chi connectivity index (χ4v) is 5.00. The summed E-state index contributed by atoms with van der Waals surface area (Å²) in [6, 6.07) is 16.8. The number of aromatic nitrogens is 1. The lowest BCUT2D eigenvalue weighted by atomic mass is 10.2. The summed E-state index contributed by atoms with van der Waals surface area (Å²) in [6.45, 7) is 3.00. The summed E-state index contributed by atoms with van der Waals surface area (Å²) in [4.78, 5) is 15.1. The molecule has 1 N–H and O–H groups in total. The molecule has 0 saturated carbocycles. The molecule has 11 nitrogen and oxygen atoms in total. The minimum atomic E-state index is -4.26. The lowest BCUT2D eigenvalue weighted by Gasteiger charge is -2.18. The third-order valence-electron chi connectivity index (χ3n) is 5.43. The predicted octanol–water partition coefficient (Wildman–Crippen LogP) is 5.00. The number of hydrogen-bond acceptors (Lipinski definition) is 10. The van der Waals surface area contributed by atoms with Gasteiger partial charge >= 0.3 is 0 Å². The molecular formula is C25H21N3O8S. The van der Waals surface area contributed by atoms with Crippen LogP contribution < -0.4 is 19.5 Å². The number of oxazole rings is 1. The van der Waals surface area contributed by atoms with Gasteiger partial charge in [0.15, 0.2) is 11.5 Å². The molecule has 1 aromatic heterocycles. The number of benzene rings is 3. The van der Waals surface area contributed by atoms with Gasteiger partial charge in [0.2, 0.25) is 26.6 Å². The van der Waals surface area contributed by atoms with Crippen LogP contribution in [0.2, 0.25) is 0 Å². The van der Waals surface area contributed by atoms with E-state index in [2.05, 4.69) is 10.3 Å². The number of nitro groups is 1. The number of para-hydroxylation sites is 1. The van der Waals surface area contributed by atoms with E-state index in [0.29, 0.717) is 30.4 Å². The van der Waals surface area contributed by atoms with E-state index >= 15 is 0 Å². The molecule has 5 rings (SSSR count). The lowest BCUT2D eigenvalue weighted by molar-refractivity contribution is -0.384. The molecule has 0 spiro atoms. The first-order valence-corrected chi connectivity index (χ1v) is 12.7. The van der Waals surface area contributed by atoms with Crippen LogP contribution in [0.25, 0.3) is 11.5 Å². The molecule has 0 bridgehead atoms. The number of nitrogens with one attached hydrogen (secondary N) is 1. The smallest absolute Gasteiger partial charge is 0.282 e. The van der Waals surface area contributed by atoms with Crippen molar-refractivity contribution in [1.29, 1.82) is 0 Å². The van der Waals surface area contributed by atoms with Crippen molar-refractivity contribution < 1.29 is 32.0 Å². The number of ether oxygens (including phenoxy) is 3. The second-order valence-electron chi connectivity index (χ2n) is 7.82. The highest BCUT2D eigenvalue weighted by Crippen LogP contribution is 2.39. The van der Waals surface area contributed by atoms with E-state index in [4.69, 9.17) is 18.6 Å². The first-order chi connectivity index (χ1) is 17.9. The zero-order valence-corrected chi connectivity index (χ0v) is 20.4. The molecule has 4 aromatic rings.